The Kier molecular flexibility index (Phi) is 6.49. The predicted molar refractivity (Wildman–Crippen MR) is 122 cm³/mol. The van der Waals surface area contributed by atoms with Crippen LogP contribution in [0.1, 0.15) is 22.4 Å². The Hall–Kier alpha value is -3.68. The summed E-state index contributed by atoms with van der Waals surface area (Å²) in [5.41, 5.74) is 17.7. The number of fused-ring (bicyclic) bond motifs is 1. The molecule has 4 rings (SSSR count). The van der Waals surface area contributed by atoms with Crippen molar-refractivity contribution in [3.63, 3.8) is 0 Å². The van der Waals surface area contributed by atoms with E-state index in [1.807, 2.05) is 48.5 Å². The fraction of sp³-hybridized carbons (Fsp3) is 0.200. The van der Waals surface area contributed by atoms with Crippen LogP contribution in [0.3, 0.4) is 0 Å². The highest BCUT2D eigenvalue weighted by atomic mass is 16.5. The van der Waals surface area contributed by atoms with Gasteiger partial charge in [-0.15, -0.1) is 0 Å². The molecule has 2 aromatic heterocycles. The molecule has 0 radical (unpaired) electrons. The van der Waals surface area contributed by atoms with Crippen LogP contribution in [0.2, 0.25) is 0 Å². The normalized spacial score (nSPS) is 11.0. The van der Waals surface area contributed by atoms with Crippen LogP contribution in [-0.2, 0) is 35.6 Å². The maximum Gasteiger partial charge on any atom is 0.310 e. The number of esters is 1. The molecule has 0 saturated carbocycles. The van der Waals surface area contributed by atoms with Gasteiger partial charge in [0.25, 0.3) is 0 Å². The van der Waals surface area contributed by atoms with Gasteiger partial charge in [0.2, 0.25) is 0 Å². The van der Waals surface area contributed by atoms with E-state index in [-0.39, 0.29) is 12.4 Å². The Morgan fingerprint density at radius 1 is 1.03 bits per heavy atom. The number of nitrogens with zero attached hydrogens (tertiary/aromatic N) is 1. The van der Waals surface area contributed by atoms with Gasteiger partial charge in [0.15, 0.2) is 0 Å². The summed E-state index contributed by atoms with van der Waals surface area (Å²) in [6.45, 7) is 1.05. The lowest BCUT2D eigenvalue weighted by atomic mass is 10.0. The third-order valence-electron chi connectivity index (χ3n) is 5.27. The molecule has 0 spiro atoms. The summed E-state index contributed by atoms with van der Waals surface area (Å²) in [6, 6.07) is 15.5. The fourth-order valence-corrected chi connectivity index (χ4v) is 3.59. The molecule has 7 nitrogen and oxygen atoms in total. The number of rotatable bonds is 8. The Balaban J connectivity index is 1.66. The van der Waals surface area contributed by atoms with Gasteiger partial charge < -0.3 is 25.4 Å². The second kappa shape index (κ2) is 9.64. The highest BCUT2D eigenvalue weighted by Crippen LogP contribution is 2.32. The molecule has 0 bridgehead atoms. The number of ether oxygens (including phenoxy) is 2. The Labute approximate surface area is 185 Å². The maximum absolute atomic E-state index is 11.8. The van der Waals surface area contributed by atoms with Crippen molar-refractivity contribution in [2.75, 3.05) is 7.11 Å². The lowest BCUT2D eigenvalue weighted by molar-refractivity contribution is -0.139. The van der Waals surface area contributed by atoms with Crippen LogP contribution in [-0.4, -0.2) is 18.1 Å². The van der Waals surface area contributed by atoms with Crippen LogP contribution < -0.4 is 16.2 Å². The van der Waals surface area contributed by atoms with E-state index in [1.54, 1.807) is 12.5 Å². The molecule has 0 saturated heterocycles. The van der Waals surface area contributed by atoms with Gasteiger partial charge >= 0.3 is 5.97 Å². The van der Waals surface area contributed by atoms with Crippen molar-refractivity contribution >= 4 is 16.9 Å². The largest absolute Gasteiger partial charge is 0.489 e. The molecule has 0 atom stereocenters. The smallest absolute Gasteiger partial charge is 0.310 e. The van der Waals surface area contributed by atoms with Crippen LogP contribution in [0.15, 0.2) is 65.4 Å². The van der Waals surface area contributed by atoms with Gasteiger partial charge in [-0.3, -0.25) is 9.78 Å². The van der Waals surface area contributed by atoms with Gasteiger partial charge in [0.05, 0.1) is 25.5 Å². The van der Waals surface area contributed by atoms with E-state index in [0.717, 1.165) is 44.5 Å². The lowest BCUT2D eigenvalue weighted by Crippen LogP contribution is -2.08. The van der Waals surface area contributed by atoms with Gasteiger partial charge in [-0.25, -0.2) is 0 Å². The average molecular weight is 431 g/mol. The summed E-state index contributed by atoms with van der Waals surface area (Å²) in [5.74, 6) is 0.285. The first-order valence-electron chi connectivity index (χ1n) is 10.3. The van der Waals surface area contributed by atoms with Gasteiger partial charge in [0, 0.05) is 35.8 Å². The van der Waals surface area contributed by atoms with Crippen molar-refractivity contribution in [3.05, 3.63) is 83.4 Å². The molecule has 0 aliphatic rings. The van der Waals surface area contributed by atoms with Crippen LogP contribution in [0, 0.1) is 0 Å². The number of hydrogen-bond donors (Lipinski definition) is 2. The lowest BCUT2D eigenvalue weighted by Gasteiger charge is -2.14. The first kappa shape index (κ1) is 21.5. The van der Waals surface area contributed by atoms with Crippen molar-refractivity contribution in [2.45, 2.75) is 26.1 Å². The number of aromatic nitrogens is 1. The van der Waals surface area contributed by atoms with Gasteiger partial charge in [-0.1, -0.05) is 12.1 Å². The number of carbonyl (C=O) groups is 1. The highest BCUT2D eigenvalue weighted by molar-refractivity contribution is 5.93. The van der Waals surface area contributed by atoms with Gasteiger partial charge in [0.1, 0.15) is 17.9 Å². The highest BCUT2D eigenvalue weighted by Gasteiger charge is 2.13. The SMILES string of the molecule is COC(=O)Cc1ccc(CN)cc1OCc1cc(-c2ccnc(CN)c2)c2occc2c1. The molecule has 32 heavy (non-hydrogen) atoms. The summed E-state index contributed by atoms with van der Waals surface area (Å²) < 4.78 is 16.7. The van der Waals surface area contributed by atoms with Gasteiger partial charge in [-0.2, -0.15) is 0 Å². The summed E-state index contributed by atoms with van der Waals surface area (Å²) in [4.78, 5) is 16.1. The molecule has 0 unspecified atom stereocenters. The molecular formula is C25H25N3O4. The third-order valence-corrected chi connectivity index (χ3v) is 5.27. The first-order valence-corrected chi connectivity index (χ1v) is 10.3. The monoisotopic (exact) mass is 431 g/mol. The number of carbonyl (C=O) groups excluding carboxylic acids is 1. The minimum atomic E-state index is -0.328. The summed E-state index contributed by atoms with van der Waals surface area (Å²) in [5, 5.41) is 0.970. The van der Waals surface area contributed by atoms with E-state index < -0.39 is 0 Å². The van der Waals surface area contributed by atoms with Crippen LogP contribution in [0.4, 0.5) is 0 Å². The third kappa shape index (κ3) is 4.64. The number of methoxy groups -OCH3 is 1. The zero-order valence-electron chi connectivity index (χ0n) is 17.8. The second-order valence-electron chi connectivity index (χ2n) is 7.41. The van der Waals surface area contributed by atoms with E-state index in [4.69, 9.17) is 25.4 Å². The fourth-order valence-electron chi connectivity index (χ4n) is 3.59. The number of benzene rings is 2. The molecule has 4 N–H and O–H groups in total. The molecule has 7 heteroatoms. The molecule has 0 aliphatic carbocycles. The number of hydrogen-bond acceptors (Lipinski definition) is 7. The van der Waals surface area contributed by atoms with E-state index >= 15 is 0 Å². The predicted octanol–water partition coefficient (Wildman–Crippen LogP) is 3.71. The Bertz CT molecular complexity index is 1250. The van der Waals surface area contributed by atoms with Crippen molar-refractivity contribution < 1.29 is 18.7 Å². The molecule has 0 fully saturated rings. The Morgan fingerprint density at radius 2 is 1.91 bits per heavy atom. The molecular weight excluding hydrogens is 406 g/mol. The summed E-state index contributed by atoms with van der Waals surface area (Å²) in [6.07, 6.45) is 3.54. The quantitative estimate of drug-likeness (QED) is 0.409. The molecule has 2 heterocycles. The second-order valence-corrected chi connectivity index (χ2v) is 7.41. The Morgan fingerprint density at radius 3 is 2.69 bits per heavy atom. The van der Waals surface area contributed by atoms with E-state index in [2.05, 4.69) is 4.98 Å². The zero-order chi connectivity index (χ0) is 22.5. The number of pyridine rings is 1. The van der Waals surface area contributed by atoms with E-state index in [1.165, 1.54) is 7.11 Å². The summed E-state index contributed by atoms with van der Waals surface area (Å²) >= 11 is 0. The molecule has 0 aliphatic heterocycles. The van der Waals surface area contributed by atoms with Crippen LogP contribution in [0.25, 0.3) is 22.1 Å². The van der Waals surface area contributed by atoms with Crippen molar-refractivity contribution in [3.8, 4) is 16.9 Å². The van der Waals surface area contributed by atoms with Crippen molar-refractivity contribution in [1.29, 1.82) is 0 Å². The molecule has 2 aromatic carbocycles. The van der Waals surface area contributed by atoms with E-state index in [9.17, 15) is 4.79 Å². The topological polar surface area (TPSA) is 114 Å². The van der Waals surface area contributed by atoms with Crippen molar-refractivity contribution in [1.82, 2.24) is 4.98 Å². The minimum absolute atomic E-state index is 0.127. The first-order chi connectivity index (χ1) is 15.6. The summed E-state index contributed by atoms with van der Waals surface area (Å²) in [7, 11) is 1.37. The number of nitrogens with two attached hydrogens (primary N) is 2. The van der Waals surface area contributed by atoms with E-state index in [0.29, 0.717) is 25.4 Å². The standard InChI is InChI=1S/C25H25N3O4/c1-30-24(29)12-19-3-2-16(13-26)10-23(19)32-15-17-8-20-5-7-31-25(20)22(9-17)18-4-6-28-21(11-18)14-27/h2-11H,12-15,26-27H2,1H3. The van der Waals surface area contributed by atoms with Crippen LogP contribution >= 0.6 is 0 Å². The molecule has 164 valence electrons. The van der Waals surface area contributed by atoms with Gasteiger partial charge in [-0.05, 0) is 53.1 Å². The minimum Gasteiger partial charge on any atom is -0.489 e. The average Bonchev–Trinajstić information content (AvgIpc) is 3.31. The van der Waals surface area contributed by atoms with Crippen molar-refractivity contribution in [2.24, 2.45) is 11.5 Å². The maximum atomic E-state index is 11.8. The number of furan rings is 1. The molecule has 0 amide bonds. The zero-order valence-corrected chi connectivity index (χ0v) is 17.8. The van der Waals surface area contributed by atoms with Crippen LogP contribution in [0.5, 0.6) is 5.75 Å². The molecule has 4 aromatic rings.